The Balaban J connectivity index is 1.92. The van der Waals surface area contributed by atoms with E-state index in [1.54, 1.807) is 18.4 Å². The van der Waals surface area contributed by atoms with Gasteiger partial charge in [-0.25, -0.2) is 4.98 Å². The van der Waals surface area contributed by atoms with Crippen LogP contribution in [0.5, 0.6) is 5.88 Å². The fourth-order valence-corrected chi connectivity index (χ4v) is 2.18. The van der Waals surface area contributed by atoms with Crippen molar-refractivity contribution in [2.45, 2.75) is 13.3 Å². The van der Waals surface area contributed by atoms with Crippen LogP contribution in [0.15, 0.2) is 23.6 Å². The minimum absolute atomic E-state index is 0.594. The van der Waals surface area contributed by atoms with Crippen molar-refractivity contribution < 1.29 is 4.74 Å². The highest BCUT2D eigenvalue weighted by Gasteiger charge is 2.01. The molecule has 17 heavy (non-hydrogen) atoms. The summed E-state index contributed by atoms with van der Waals surface area (Å²) in [5, 5.41) is 5.29. The van der Waals surface area contributed by atoms with Crippen molar-refractivity contribution in [1.29, 1.82) is 0 Å². The second kappa shape index (κ2) is 5.63. The molecule has 0 aliphatic carbocycles. The van der Waals surface area contributed by atoms with E-state index in [0.717, 1.165) is 18.7 Å². The van der Waals surface area contributed by atoms with E-state index in [4.69, 9.17) is 4.74 Å². The summed E-state index contributed by atoms with van der Waals surface area (Å²) in [6.07, 6.45) is 0.983. The number of aryl methyl sites for hydroxylation is 1. The van der Waals surface area contributed by atoms with Gasteiger partial charge in [-0.15, -0.1) is 11.3 Å². The number of rotatable bonds is 5. The lowest BCUT2D eigenvalue weighted by atomic mass is 10.3. The summed E-state index contributed by atoms with van der Waals surface area (Å²) in [5.41, 5.74) is 0.899. The molecule has 0 saturated heterocycles. The quantitative estimate of drug-likeness (QED) is 0.884. The fourth-order valence-electron chi connectivity index (χ4n) is 1.48. The number of hydrogen-bond acceptors (Lipinski definition) is 5. The molecular weight excluding hydrogens is 234 g/mol. The third-order valence-corrected chi connectivity index (χ3v) is 3.21. The maximum atomic E-state index is 5.10. The zero-order valence-corrected chi connectivity index (χ0v) is 10.8. The number of methoxy groups -OCH3 is 1. The summed E-state index contributed by atoms with van der Waals surface area (Å²) in [6, 6.07) is 6.00. The van der Waals surface area contributed by atoms with Gasteiger partial charge in [0, 0.05) is 23.2 Å². The number of aromatic nitrogens is 2. The van der Waals surface area contributed by atoms with E-state index in [1.807, 2.05) is 13.0 Å². The Kier molecular flexibility index (Phi) is 3.93. The number of ether oxygens (including phenoxy) is 1. The van der Waals surface area contributed by atoms with Gasteiger partial charge in [0.1, 0.15) is 0 Å². The van der Waals surface area contributed by atoms with E-state index >= 15 is 0 Å². The van der Waals surface area contributed by atoms with Gasteiger partial charge in [0.05, 0.1) is 7.11 Å². The lowest BCUT2D eigenvalue weighted by Crippen LogP contribution is -2.08. The predicted octanol–water partition coefficient (Wildman–Crippen LogP) is 2.51. The fraction of sp³-hybridized carbons (Fsp3) is 0.333. The average molecular weight is 249 g/mol. The number of nitrogens with one attached hydrogen (secondary N) is 1. The lowest BCUT2D eigenvalue weighted by Gasteiger charge is -2.06. The largest absolute Gasteiger partial charge is 0.481 e. The van der Waals surface area contributed by atoms with Gasteiger partial charge in [0.25, 0.3) is 0 Å². The van der Waals surface area contributed by atoms with Crippen LogP contribution in [-0.4, -0.2) is 23.6 Å². The molecule has 0 atom stereocenters. The molecule has 0 saturated carbocycles. The van der Waals surface area contributed by atoms with Gasteiger partial charge in [-0.2, -0.15) is 4.98 Å². The van der Waals surface area contributed by atoms with Crippen molar-refractivity contribution >= 4 is 17.3 Å². The van der Waals surface area contributed by atoms with Gasteiger partial charge in [0.15, 0.2) is 0 Å². The Morgan fingerprint density at radius 1 is 1.41 bits per heavy atom. The molecule has 0 aromatic carbocycles. The lowest BCUT2D eigenvalue weighted by molar-refractivity contribution is 0.397. The molecule has 2 rings (SSSR count). The molecule has 0 radical (unpaired) electrons. The number of thiophene rings is 1. The first-order valence-corrected chi connectivity index (χ1v) is 6.32. The van der Waals surface area contributed by atoms with Gasteiger partial charge in [-0.3, -0.25) is 0 Å². The molecule has 2 aromatic rings. The van der Waals surface area contributed by atoms with Crippen LogP contribution in [-0.2, 0) is 6.42 Å². The topological polar surface area (TPSA) is 47.0 Å². The van der Waals surface area contributed by atoms with Gasteiger partial charge >= 0.3 is 0 Å². The van der Waals surface area contributed by atoms with E-state index in [2.05, 4.69) is 32.8 Å². The molecule has 90 valence electrons. The summed E-state index contributed by atoms with van der Waals surface area (Å²) in [5.74, 6) is 1.22. The van der Waals surface area contributed by atoms with Crippen molar-refractivity contribution in [3.8, 4) is 5.88 Å². The highest BCUT2D eigenvalue weighted by molar-refractivity contribution is 7.09. The van der Waals surface area contributed by atoms with Crippen molar-refractivity contribution in [2.24, 2.45) is 0 Å². The Morgan fingerprint density at radius 3 is 3.00 bits per heavy atom. The Labute approximate surface area is 105 Å². The van der Waals surface area contributed by atoms with Gasteiger partial charge in [-0.1, -0.05) is 6.07 Å². The van der Waals surface area contributed by atoms with Crippen LogP contribution in [0.4, 0.5) is 5.95 Å². The first kappa shape index (κ1) is 11.9. The number of hydrogen-bond donors (Lipinski definition) is 1. The molecular formula is C12H15N3OS. The highest BCUT2D eigenvalue weighted by Crippen LogP contribution is 2.12. The Hall–Kier alpha value is -1.62. The van der Waals surface area contributed by atoms with Gasteiger partial charge in [0.2, 0.25) is 11.8 Å². The summed E-state index contributed by atoms with van der Waals surface area (Å²) < 4.78 is 5.10. The van der Waals surface area contributed by atoms with E-state index in [0.29, 0.717) is 11.8 Å². The Morgan fingerprint density at radius 2 is 2.29 bits per heavy atom. The van der Waals surface area contributed by atoms with Crippen LogP contribution in [0.3, 0.4) is 0 Å². The molecule has 0 aliphatic rings. The summed E-state index contributed by atoms with van der Waals surface area (Å²) >= 11 is 1.76. The summed E-state index contributed by atoms with van der Waals surface area (Å²) in [4.78, 5) is 9.89. The predicted molar refractivity (Wildman–Crippen MR) is 69.8 cm³/mol. The number of nitrogens with zero attached hydrogens (tertiary/aromatic N) is 2. The summed E-state index contributed by atoms with van der Waals surface area (Å²) in [6.45, 7) is 2.75. The molecule has 0 bridgehead atoms. The maximum absolute atomic E-state index is 5.10. The third kappa shape index (κ3) is 3.42. The molecule has 2 aromatic heterocycles. The number of anilines is 1. The molecule has 0 spiro atoms. The van der Waals surface area contributed by atoms with Crippen LogP contribution < -0.4 is 10.1 Å². The van der Waals surface area contributed by atoms with Crippen molar-refractivity contribution in [1.82, 2.24) is 9.97 Å². The van der Waals surface area contributed by atoms with E-state index in [1.165, 1.54) is 4.88 Å². The molecule has 0 fully saturated rings. The van der Waals surface area contributed by atoms with Gasteiger partial charge in [-0.05, 0) is 24.8 Å². The monoisotopic (exact) mass is 249 g/mol. The van der Waals surface area contributed by atoms with E-state index in [-0.39, 0.29) is 0 Å². The zero-order chi connectivity index (χ0) is 12.1. The second-order valence-electron chi connectivity index (χ2n) is 3.63. The van der Waals surface area contributed by atoms with Crippen molar-refractivity contribution in [2.75, 3.05) is 19.0 Å². The standard InChI is InChI=1S/C12H15N3OS/c1-9-8-11(16-2)15-12(14-9)13-6-5-10-4-3-7-17-10/h3-4,7-8H,5-6H2,1-2H3,(H,13,14,15). The first-order valence-electron chi connectivity index (χ1n) is 5.44. The summed E-state index contributed by atoms with van der Waals surface area (Å²) in [7, 11) is 1.61. The van der Waals surface area contributed by atoms with Crippen molar-refractivity contribution in [3.63, 3.8) is 0 Å². The molecule has 0 aliphatic heterocycles. The third-order valence-electron chi connectivity index (χ3n) is 2.27. The van der Waals surface area contributed by atoms with Crippen LogP contribution in [0.1, 0.15) is 10.6 Å². The minimum Gasteiger partial charge on any atom is -0.481 e. The highest BCUT2D eigenvalue weighted by atomic mass is 32.1. The molecule has 0 unspecified atom stereocenters. The van der Waals surface area contributed by atoms with E-state index < -0.39 is 0 Å². The average Bonchev–Trinajstić information content (AvgIpc) is 2.81. The van der Waals surface area contributed by atoms with E-state index in [9.17, 15) is 0 Å². The minimum atomic E-state index is 0.594. The molecule has 5 heteroatoms. The normalized spacial score (nSPS) is 10.2. The first-order chi connectivity index (χ1) is 8.28. The van der Waals surface area contributed by atoms with Crippen LogP contribution >= 0.6 is 11.3 Å². The Bertz CT molecular complexity index is 471. The maximum Gasteiger partial charge on any atom is 0.226 e. The van der Waals surface area contributed by atoms with Crippen LogP contribution in [0, 0.1) is 6.92 Å². The molecule has 0 amide bonds. The van der Waals surface area contributed by atoms with Gasteiger partial charge < -0.3 is 10.1 Å². The zero-order valence-electron chi connectivity index (χ0n) is 9.93. The molecule has 4 nitrogen and oxygen atoms in total. The molecule has 2 heterocycles. The molecule has 1 N–H and O–H groups in total. The van der Waals surface area contributed by atoms with Crippen LogP contribution in [0.25, 0.3) is 0 Å². The SMILES string of the molecule is COc1cc(C)nc(NCCc2cccs2)n1. The smallest absolute Gasteiger partial charge is 0.226 e. The second-order valence-corrected chi connectivity index (χ2v) is 4.66. The van der Waals surface area contributed by atoms with Crippen molar-refractivity contribution in [3.05, 3.63) is 34.2 Å². The van der Waals surface area contributed by atoms with Crippen LogP contribution in [0.2, 0.25) is 0 Å².